The van der Waals surface area contributed by atoms with E-state index < -0.39 is 35.7 Å². The smallest absolute Gasteiger partial charge is 0.410 e. The molecule has 1 saturated heterocycles. The van der Waals surface area contributed by atoms with Gasteiger partial charge in [0.05, 0.1) is 24.1 Å². The first-order valence-electron chi connectivity index (χ1n) is 15.2. The molecule has 1 aliphatic heterocycles. The van der Waals surface area contributed by atoms with E-state index in [1.807, 2.05) is 69.3 Å². The summed E-state index contributed by atoms with van der Waals surface area (Å²) in [5.74, 6) is -1.09. The van der Waals surface area contributed by atoms with Crippen LogP contribution in [0.25, 0.3) is 10.8 Å². The van der Waals surface area contributed by atoms with Gasteiger partial charge in [-0.15, -0.1) is 0 Å². The molecule has 3 aromatic carbocycles. The molecule has 2 atom stereocenters. The van der Waals surface area contributed by atoms with Crippen molar-refractivity contribution in [3.05, 3.63) is 77.4 Å². The summed E-state index contributed by atoms with van der Waals surface area (Å²) in [7, 11) is 0. The van der Waals surface area contributed by atoms with E-state index in [0.717, 1.165) is 21.9 Å². The highest BCUT2D eigenvalue weighted by Gasteiger charge is 2.31. The lowest BCUT2D eigenvalue weighted by Crippen LogP contribution is -2.36. The molecule has 0 aliphatic carbocycles. The highest BCUT2D eigenvalue weighted by atomic mass is 16.7. The quantitative estimate of drug-likeness (QED) is 0.120. The summed E-state index contributed by atoms with van der Waals surface area (Å²) in [6.07, 6.45) is 1.96. The number of rotatable bonds is 10. The summed E-state index contributed by atoms with van der Waals surface area (Å²) in [6.45, 7) is 11.2. The number of benzene rings is 3. The van der Waals surface area contributed by atoms with Crippen molar-refractivity contribution in [1.29, 1.82) is 0 Å². The molecule has 11 nitrogen and oxygen atoms in total. The van der Waals surface area contributed by atoms with Crippen molar-refractivity contribution >= 4 is 35.0 Å². The number of nitrogens with one attached hydrogen (secondary N) is 1. The second-order valence-corrected chi connectivity index (χ2v) is 13.3. The molecule has 1 amide bonds. The summed E-state index contributed by atoms with van der Waals surface area (Å²) in [6, 6.07) is 18.9. The van der Waals surface area contributed by atoms with E-state index in [4.69, 9.17) is 24.2 Å². The number of hydrogen-bond acceptors (Lipinski definition) is 10. The Kier molecular flexibility index (Phi) is 10.9. The van der Waals surface area contributed by atoms with Crippen LogP contribution in [0.2, 0.25) is 0 Å². The number of ether oxygens (including phenoxy) is 4. The number of nitrogens with zero attached hydrogens (tertiary/aromatic N) is 2. The van der Waals surface area contributed by atoms with Crippen molar-refractivity contribution in [1.82, 2.24) is 10.5 Å². The number of carbonyl (C=O) groups is 3. The van der Waals surface area contributed by atoms with Crippen LogP contribution in [0.4, 0.5) is 4.79 Å². The zero-order chi connectivity index (χ0) is 33.5. The monoisotopic (exact) mass is 633 g/mol. The normalized spacial score (nSPS) is 15.9. The number of hydrazone groups is 1. The minimum Gasteiger partial charge on any atom is -0.489 e. The third kappa shape index (κ3) is 9.68. The van der Waals surface area contributed by atoms with E-state index in [1.54, 1.807) is 43.4 Å². The van der Waals surface area contributed by atoms with E-state index in [2.05, 4.69) is 5.10 Å². The SMILES string of the molecule is CC(C)(C)OC(=O)N1CC[C@H](Oc2ccc([C@H](Cc3ccc4ccc(C=NNO)cc4c3)C(=O)OCOC(=O)C(C)(C)C)cc2)C1. The molecular weight excluding hydrogens is 590 g/mol. The molecule has 1 aliphatic rings. The fourth-order valence-corrected chi connectivity index (χ4v) is 4.94. The van der Waals surface area contributed by atoms with Gasteiger partial charge in [-0.3, -0.25) is 14.8 Å². The molecule has 1 heterocycles. The summed E-state index contributed by atoms with van der Waals surface area (Å²) >= 11 is 0. The highest BCUT2D eigenvalue weighted by molar-refractivity contribution is 5.91. The lowest BCUT2D eigenvalue weighted by atomic mass is 9.91. The molecule has 0 unspecified atom stereocenters. The van der Waals surface area contributed by atoms with Crippen LogP contribution in [-0.4, -0.2) is 65.9 Å². The van der Waals surface area contributed by atoms with Crippen LogP contribution in [0, 0.1) is 5.41 Å². The molecule has 46 heavy (non-hydrogen) atoms. The molecule has 11 heteroatoms. The molecule has 0 bridgehead atoms. The first-order chi connectivity index (χ1) is 21.7. The predicted octanol–water partition coefficient (Wildman–Crippen LogP) is 5.96. The van der Waals surface area contributed by atoms with Crippen molar-refractivity contribution < 1.29 is 38.5 Å². The summed E-state index contributed by atoms with van der Waals surface area (Å²) in [5.41, 5.74) is 2.84. The second kappa shape index (κ2) is 14.6. The van der Waals surface area contributed by atoms with Crippen LogP contribution in [0.3, 0.4) is 0 Å². The van der Waals surface area contributed by atoms with Crippen molar-refractivity contribution in [2.45, 2.75) is 72.0 Å². The van der Waals surface area contributed by atoms with Crippen LogP contribution >= 0.6 is 0 Å². The Bertz CT molecular complexity index is 1560. The van der Waals surface area contributed by atoms with Gasteiger partial charge in [0.25, 0.3) is 0 Å². The van der Waals surface area contributed by atoms with Crippen molar-refractivity contribution in [3.63, 3.8) is 0 Å². The molecule has 1 fully saturated rings. The first-order valence-corrected chi connectivity index (χ1v) is 15.2. The first kappa shape index (κ1) is 34.2. The van der Waals surface area contributed by atoms with Crippen LogP contribution in [0.5, 0.6) is 5.75 Å². The zero-order valence-corrected chi connectivity index (χ0v) is 27.2. The van der Waals surface area contributed by atoms with Gasteiger partial charge in [0, 0.05) is 13.0 Å². The van der Waals surface area contributed by atoms with E-state index in [1.165, 1.54) is 6.21 Å². The second-order valence-electron chi connectivity index (χ2n) is 13.3. The molecular formula is C35H43N3O8. The number of fused-ring (bicyclic) bond motifs is 1. The minimum atomic E-state index is -0.729. The number of likely N-dealkylation sites (tertiary alicyclic amines) is 1. The van der Waals surface area contributed by atoms with Gasteiger partial charge in [0.1, 0.15) is 17.5 Å². The van der Waals surface area contributed by atoms with Gasteiger partial charge in [0.2, 0.25) is 6.79 Å². The van der Waals surface area contributed by atoms with Gasteiger partial charge in [-0.25, -0.2) is 4.79 Å². The Morgan fingerprint density at radius 3 is 2.37 bits per heavy atom. The van der Waals surface area contributed by atoms with Crippen molar-refractivity contribution in [2.75, 3.05) is 19.9 Å². The van der Waals surface area contributed by atoms with Gasteiger partial charge < -0.3 is 23.8 Å². The maximum absolute atomic E-state index is 13.4. The van der Waals surface area contributed by atoms with E-state index >= 15 is 0 Å². The van der Waals surface area contributed by atoms with E-state index in [-0.39, 0.29) is 12.2 Å². The Morgan fingerprint density at radius 1 is 0.978 bits per heavy atom. The molecule has 246 valence electrons. The molecule has 0 saturated carbocycles. The van der Waals surface area contributed by atoms with Gasteiger partial charge >= 0.3 is 18.0 Å². The van der Waals surface area contributed by atoms with Crippen molar-refractivity contribution in [2.24, 2.45) is 10.5 Å². The third-order valence-corrected chi connectivity index (χ3v) is 7.31. The summed E-state index contributed by atoms with van der Waals surface area (Å²) in [4.78, 5) is 39.7. The van der Waals surface area contributed by atoms with Gasteiger partial charge in [-0.05, 0) is 93.6 Å². The summed E-state index contributed by atoms with van der Waals surface area (Å²) in [5, 5.41) is 14.4. The van der Waals surface area contributed by atoms with Crippen molar-refractivity contribution in [3.8, 4) is 5.75 Å². The van der Waals surface area contributed by atoms with Crippen LogP contribution < -0.4 is 10.3 Å². The van der Waals surface area contributed by atoms with E-state index in [0.29, 0.717) is 37.2 Å². The maximum atomic E-state index is 13.4. The molecule has 2 N–H and O–H groups in total. The highest BCUT2D eigenvalue weighted by Crippen LogP contribution is 2.28. The number of amides is 1. The Balaban J connectivity index is 1.49. The molecule has 0 spiro atoms. The topological polar surface area (TPSA) is 136 Å². The molecule has 3 aromatic rings. The summed E-state index contributed by atoms with van der Waals surface area (Å²) < 4.78 is 22.3. The largest absolute Gasteiger partial charge is 0.489 e. The average molecular weight is 634 g/mol. The average Bonchev–Trinajstić information content (AvgIpc) is 3.46. The van der Waals surface area contributed by atoms with Gasteiger partial charge in [-0.1, -0.05) is 42.5 Å². The molecule has 4 rings (SSSR count). The lowest BCUT2D eigenvalue weighted by Gasteiger charge is -2.24. The minimum absolute atomic E-state index is 0.183. The molecule has 0 radical (unpaired) electrons. The Labute approximate surface area is 269 Å². The fourth-order valence-electron chi connectivity index (χ4n) is 4.94. The van der Waals surface area contributed by atoms with Crippen LogP contribution in [-0.2, 0) is 30.2 Å². The number of esters is 2. The zero-order valence-electron chi connectivity index (χ0n) is 27.2. The molecule has 0 aromatic heterocycles. The van der Waals surface area contributed by atoms with Gasteiger partial charge in [-0.2, -0.15) is 10.7 Å². The third-order valence-electron chi connectivity index (χ3n) is 7.31. The number of hydrogen-bond donors (Lipinski definition) is 2. The van der Waals surface area contributed by atoms with Crippen LogP contribution in [0.15, 0.2) is 65.8 Å². The number of carbonyl (C=O) groups excluding carboxylic acids is 3. The standard InChI is InChI=1S/C35H43N3O8/c1-34(2,3)32(40)44-22-43-31(39)30(19-23-7-9-25-10-8-24(20-36-37-42)18-27(25)17-23)26-11-13-28(14-12-26)45-29-15-16-38(21-29)33(41)46-35(4,5)6/h7-14,17-18,20,29-30,37,42H,15-16,19,21-22H2,1-6H3/t29-,30-/m0/s1. The predicted molar refractivity (Wildman–Crippen MR) is 173 cm³/mol. The lowest BCUT2D eigenvalue weighted by molar-refractivity contribution is -0.174. The fraction of sp³-hybridized carbons (Fsp3) is 0.429. The van der Waals surface area contributed by atoms with Gasteiger partial charge in [0.15, 0.2) is 0 Å². The Hall–Kier alpha value is -4.64. The Morgan fingerprint density at radius 2 is 1.70 bits per heavy atom. The van der Waals surface area contributed by atoms with Crippen LogP contribution in [0.1, 0.15) is 70.6 Å². The van der Waals surface area contributed by atoms with E-state index in [9.17, 15) is 14.4 Å². The maximum Gasteiger partial charge on any atom is 0.410 e.